The first-order valence-electron chi connectivity index (χ1n) is 11.6. The molecule has 4 rings (SSSR count). The zero-order valence-electron chi connectivity index (χ0n) is 19.7. The Morgan fingerprint density at radius 1 is 1.21 bits per heavy atom. The summed E-state index contributed by atoms with van der Waals surface area (Å²) in [5, 5.41) is 5.77. The highest BCUT2D eigenvalue weighted by molar-refractivity contribution is 7.89. The molecule has 34 heavy (non-hydrogen) atoms. The lowest BCUT2D eigenvalue weighted by Gasteiger charge is -2.32. The summed E-state index contributed by atoms with van der Waals surface area (Å²) in [5.41, 5.74) is 2.17. The number of ether oxygens (including phenoxy) is 1. The zero-order valence-corrected chi connectivity index (χ0v) is 20.5. The number of carbonyl (C=O) groups excluding carboxylic acids is 2. The van der Waals surface area contributed by atoms with Crippen LogP contribution in [0.4, 0.5) is 5.69 Å². The predicted octanol–water partition coefficient (Wildman–Crippen LogP) is 3.04. The van der Waals surface area contributed by atoms with Gasteiger partial charge in [0, 0.05) is 31.6 Å². The highest BCUT2D eigenvalue weighted by Gasteiger charge is 2.34. The van der Waals surface area contributed by atoms with Crippen LogP contribution in [0.25, 0.3) is 0 Å². The minimum absolute atomic E-state index is 0.0251. The zero-order chi connectivity index (χ0) is 24.5. The summed E-state index contributed by atoms with van der Waals surface area (Å²) >= 11 is 0. The van der Waals surface area contributed by atoms with Crippen molar-refractivity contribution >= 4 is 27.5 Å². The van der Waals surface area contributed by atoms with Gasteiger partial charge in [0.2, 0.25) is 15.9 Å². The molecule has 1 saturated heterocycles. The van der Waals surface area contributed by atoms with Crippen LogP contribution >= 0.6 is 0 Å². The van der Waals surface area contributed by atoms with Gasteiger partial charge in [0.1, 0.15) is 5.75 Å². The van der Waals surface area contributed by atoms with Crippen molar-refractivity contribution in [1.82, 2.24) is 9.62 Å². The third-order valence-electron chi connectivity index (χ3n) is 6.60. The fraction of sp³-hybridized carbons (Fsp3) is 0.440. The molecule has 0 saturated carbocycles. The number of fused-ring (bicyclic) bond motifs is 1. The maximum absolute atomic E-state index is 13.4. The summed E-state index contributed by atoms with van der Waals surface area (Å²) in [6.07, 6.45) is 0.251. The summed E-state index contributed by atoms with van der Waals surface area (Å²) in [7, 11) is -3.76. The Hall–Kier alpha value is -2.91. The molecule has 0 bridgehead atoms. The van der Waals surface area contributed by atoms with Crippen molar-refractivity contribution in [1.29, 1.82) is 0 Å². The number of hydrogen-bond donors (Lipinski definition) is 2. The van der Waals surface area contributed by atoms with Gasteiger partial charge >= 0.3 is 0 Å². The molecule has 0 unspecified atom stereocenters. The number of rotatable bonds is 6. The van der Waals surface area contributed by atoms with Crippen molar-refractivity contribution in [3.05, 3.63) is 53.6 Å². The summed E-state index contributed by atoms with van der Waals surface area (Å²) in [4.78, 5) is 24.7. The predicted molar refractivity (Wildman–Crippen MR) is 129 cm³/mol. The lowest BCUT2D eigenvalue weighted by Crippen LogP contribution is -2.43. The van der Waals surface area contributed by atoms with E-state index < -0.39 is 16.1 Å². The van der Waals surface area contributed by atoms with Gasteiger partial charge in [-0.2, -0.15) is 4.31 Å². The Bertz CT molecular complexity index is 1170. The van der Waals surface area contributed by atoms with Crippen LogP contribution in [0.15, 0.2) is 47.4 Å². The fourth-order valence-electron chi connectivity index (χ4n) is 4.42. The van der Waals surface area contributed by atoms with E-state index in [-0.39, 0.29) is 41.6 Å². The number of hydrogen-bond acceptors (Lipinski definition) is 5. The van der Waals surface area contributed by atoms with Gasteiger partial charge in [-0.15, -0.1) is 0 Å². The lowest BCUT2D eigenvalue weighted by molar-refractivity contribution is -0.126. The Balaban J connectivity index is 1.37. The van der Waals surface area contributed by atoms with E-state index in [1.807, 2.05) is 30.3 Å². The van der Waals surface area contributed by atoms with E-state index in [0.717, 1.165) is 0 Å². The molecule has 182 valence electrons. The maximum atomic E-state index is 13.4. The monoisotopic (exact) mass is 485 g/mol. The van der Waals surface area contributed by atoms with Crippen molar-refractivity contribution in [3.8, 4) is 5.75 Å². The molecule has 2 heterocycles. The van der Waals surface area contributed by atoms with Gasteiger partial charge in [-0.3, -0.25) is 9.59 Å². The molecule has 0 radical (unpaired) electrons. The number of anilines is 1. The minimum atomic E-state index is -3.76. The van der Waals surface area contributed by atoms with Crippen molar-refractivity contribution in [2.45, 2.75) is 50.5 Å². The molecule has 2 aromatic rings. The van der Waals surface area contributed by atoms with E-state index >= 15 is 0 Å². The highest BCUT2D eigenvalue weighted by atomic mass is 32.2. The van der Waals surface area contributed by atoms with Crippen LogP contribution in [0.1, 0.15) is 43.7 Å². The number of sulfonamides is 1. The largest absolute Gasteiger partial charge is 0.479 e. The minimum Gasteiger partial charge on any atom is -0.479 e. The lowest BCUT2D eigenvalue weighted by atomic mass is 9.96. The molecule has 2 amide bonds. The second kappa shape index (κ2) is 9.76. The molecular formula is C25H31N3O5S. The number of piperidine rings is 1. The van der Waals surface area contributed by atoms with Crippen LogP contribution in [0.5, 0.6) is 5.75 Å². The molecule has 0 spiro atoms. The van der Waals surface area contributed by atoms with Crippen molar-refractivity contribution in [2.24, 2.45) is 5.92 Å². The molecule has 9 heteroatoms. The molecule has 2 aliphatic heterocycles. The third kappa shape index (κ3) is 4.95. The smallest absolute Gasteiger partial charge is 0.265 e. The standard InChI is InChI=1S/C25H31N3O5S/c1-16-13-21-22(33-18(3)24(29)27-21)14-23(16)34(31,32)28-11-9-20(10-12-28)25(30)26-15-17(2)19-7-5-4-6-8-19/h4-8,13-14,17-18,20H,9-12,15H2,1-3H3,(H,26,30)(H,27,29)/t17-,18+/m0/s1. The first kappa shape index (κ1) is 24.2. The van der Waals surface area contributed by atoms with E-state index in [1.165, 1.54) is 15.9 Å². The average molecular weight is 486 g/mol. The molecule has 2 aromatic carbocycles. The summed E-state index contributed by atoms with van der Waals surface area (Å²) in [6.45, 7) is 6.48. The SMILES string of the molecule is Cc1cc2c(cc1S(=O)(=O)N1CCC(C(=O)NC[C@H](C)c3ccccc3)CC1)O[C@H](C)C(=O)N2. The second-order valence-electron chi connectivity index (χ2n) is 9.10. The van der Waals surface area contributed by atoms with Crippen molar-refractivity contribution < 1.29 is 22.7 Å². The summed E-state index contributed by atoms with van der Waals surface area (Å²) in [6, 6.07) is 13.1. The van der Waals surface area contributed by atoms with E-state index in [4.69, 9.17) is 4.74 Å². The molecule has 0 aliphatic carbocycles. The molecule has 2 aliphatic rings. The summed E-state index contributed by atoms with van der Waals surface area (Å²) < 4.78 is 33.8. The average Bonchev–Trinajstić information content (AvgIpc) is 2.83. The topological polar surface area (TPSA) is 105 Å². The van der Waals surface area contributed by atoms with Crippen LogP contribution in [0.2, 0.25) is 0 Å². The van der Waals surface area contributed by atoms with Crippen LogP contribution < -0.4 is 15.4 Å². The number of amides is 2. The molecule has 2 N–H and O–H groups in total. The molecule has 0 aromatic heterocycles. The van der Waals surface area contributed by atoms with Crippen molar-refractivity contribution in [2.75, 3.05) is 25.0 Å². The Morgan fingerprint density at radius 2 is 1.88 bits per heavy atom. The van der Waals surface area contributed by atoms with Crippen LogP contribution in [-0.2, 0) is 19.6 Å². The Kier molecular flexibility index (Phi) is 6.95. The fourth-order valence-corrected chi connectivity index (χ4v) is 6.11. The van der Waals surface area contributed by atoms with Crippen LogP contribution in [-0.4, -0.2) is 50.3 Å². The molecule has 2 atom stereocenters. The van der Waals surface area contributed by atoms with Gasteiger partial charge < -0.3 is 15.4 Å². The highest BCUT2D eigenvalue weighted by Crippen LogP contribution is 2.36. The number of nitrogens with zero attached hydrogens (tertiary/aromatic N) is 1. The van der Waals surface area contributed by atoms with Gasteiger partial charge in [0.15, 0.2) is 6.10 Å². The van der Waals surface area contributed by atoms with Crippen LogP contribution in [0.3, 0.4) is 0 Å². The van der Waals surface area contributed by atoms with E-state index in [9.17, 15) is 18.0 Å². The number of nitrogens with one attached hydrogen (secondary N) is 2. The quantitative estimate of drug-likeness (QED) is 0.654. The third-order valence-corrected chi connectivity index (χ3v) is 8.64. The normalized spacial score (nSPS) is 20.1. The molecule has 8 nitrogen and oxygen atoms in total. The number of aryl methyl sites for hydroxylation is 1. The second-order valence-corrected chi connectivity index (χ2v) is 11.0. The first-order valence-corrected chi connectivity index (χ1v) is 13.1. The molecule has 1 fully saturated rings. The van der Waals surface area contributed by atoms with Gasteiger partial charge in [0.05, 0.1) is 10.6 Å². The van der Waals surface area contributed by atoms with E-state index in [1.54, 1.807) is 19.9 Å². The van der Waals surface area contributed by atoms with Crippen LogP contribution in [0, 0.1) is 12.8 Å². The van der Waals surface area contributed by atoms with Gasteiger partial charge in [-0.05, 0) is 49.8 Å². The van der Waals surface area contributed by atoms with Gasteiger partial charge in [0.25, 0.3) is 5.91 Å². The number of benzene rings is 2. The van der Waals surface area contributed by atoms with Gasteiger partial charge in [-0.25, -0.2) is 8.42 Å². The molecular weight excluding hydrogens is 454 g/mol. The summed E-state index contributed by atoms with van der Waals surface area (Å²) in [5.74, 6) is 0.0489. The Morgan fingerprint density at radius 3 is 2.56 bits per heavy atom. The van der Waals surface area contributed by atoms with E-state index in [2.05, 4.69) is 17.6 Å². The van der Waals surface area contributed by atoms with E-state index in [0.29, 0.717) is 36.4 Å². The van der Waals surface area contributed by atoms with Crippen molar-refractivity contribution in [3.63, 3.8) is 0 Å². The maximum Gasteiger partial charge on any atom is 0.265 e. The first-order chi connectivity index (χ1) is 16.2. The Labute approximate surface area is 200 Å². The van der Waals surface area contributed by atoms with Gasteiger partial charge in [-0.1, -0.05) is 37.3 Å². The number of carbonyl (C=O) groups is 2.